The van der Waals surface area contributed by atoms with Crippen LogP contribution in [0.15, 0.2) is 24.3 Å². The van der Waals surface area contributed by atoms with E-state index in [4.69, 9.17) is 15.2 Å². The average molecular weight is 223 g/mol. The second-order valence-electron chi connectivity index (χ2n) is 3.76. The van der Waals surface area contributed by atoms with Crippen molar-refractivity contribution in [2.45, 2.75) is 19.3 Å². The molecule has 2 N–H and O–H groups in total. The van der Waals surface area contributed by atoms with Gasteiger partial charge in [-0.05, 0) is 30.9 Å². The van der Waals surface area contributed by atoms with E-state index in [1.165, 1.54) is 5.56 Å². The van der Waals surface area contributed by atoms with Gasteiger partial charge in [-0.3, -0.25) is 0 Å². The number of nitrogens with two attached hydrogens (primary N) is 1. The van der Waals surface area contributed by atoms with Crippen LogP contribution in [0.1, 0.15) is 18.4 Å². The molecule has 3 heteroatoms. The van der Waals surface area contributed by atoms with Gasteiger partial charge in [0, 0.05) is 26.0 Å². The molecule has 90 valence electrons. The summed E-state index contributed by atoms with van der Waals surface area (Å²) in [7, 11) is 1.72. The molecule has 1 aromatic rings. The van der Waals surface area contributed by atoms with Gasteiger partial charge >= 0.3 is 0 Å². The molecule has 0 unspecified atom stereocenters. The van der Waals surface area contributed by atoms with Crippen LogP contribution in [0.4, 0.5) is 5.69 Å². The fourth-order valence-electron chi connectivity index (χ4n) is 1.50. The molecule has 0 saturated carbocycles. The van der Waals surface area contributed by atoms with E-state index >= 15 is 0 Å². The van der Waals surface area contributed by atoms with Crippen LogP contribution in [-0.2, 0) is 15.9 Å². The van der Waals surface area contributed by atoms with Crippen molar-refractivity contribution in [3.63, 3.8) is 0 Å². The Bertz CT molecular complexity index is 289. The molecule has 0 aliphatic carbocycles. The van der Waals surface area contributed by atoms with Gasteiger partial charge in [-0.25, -0.2) is 0 Å². The minimum Gasteiger partial charge on any atom is -0.399 e. The van der Waals surface area contributed by atoms with Crippen LogP contribution in [0, 0.1) is 0 Å². The van der Waals surface area contributed by atoms with Crippen molar-refractivity contribution in [1.82, 2.24) is 0 Å². The predicted molar refractivity (Wildman–Crippen MR) is 66.5 cm³/mol. The zero-order chi connectivity index (χ0) is 11.6. The molecular weight excluding hydrogens is 202 g/mol. The molecule has 0 spiro atoms. The van der Waals surface area contributed by atoms with Crippen LogP contribution in [-0.4, -0.2) is 26.9 Å². The van der Waals surface area contributed by atoms with Crippen molar-refractivity contribution in [3.05, 3.63) is 29.8 Å². The fourth-order valence-corrected chi connectivity index (χ4v) is 1.50. The molecular formula is C13H21NO2. The second kappa shape index (κ2) is 8.13. The van der Waals surface area contributed by atoms with E-state index in [0.29, 0.717) is 0 Å². The topological polar surface area (TPSA) is 44.5 Å². The number of hydrogen-bond acceptors (Lipinski definition) is 3. The molecule has 0 aromatic heterocycles. The summed E-state index contributed by atoms with van der Waals surface area (Å²) in [4.78, 5) is 0. The van der Waals surface area contributed by atoms with Gasteiger partial charge in [-0.1, -0.05) is 18.2 Å². The molecule has 0 bridgehead atoms. The molecule has 0 radical (unpaired) electrons. The number of hydrogen-bond donors (Lipinski definition) is 1. The van der Waals surface area contributed by atoms with E-state index in [1.54, 1.807) is 7.11 Å². The summed E-state index contributed by atoms with van der Waals surface area (Å²) >= 11 is 0. The molecule has 0 amide bonds. The number of para-hydroxylation sites is 1. The van der Waals surface area contributed by atoms with E-state index in [2.05, 4.69) is 0 Å². The lowest BCUT2D eigenvalue weighted by atomic mass is 10.1. The highest BCUT2D eigenvalue weighted by molar-refractivity contribution is 5.46. The highest BCUT2D eigenvalue weighted by Gasteiger charge is 1.97. The van der Waals surface area contributed by atoms with Gasteiger partial charge in [0.05, 0.1) is 6.61 Å². The minimum absolute atomic E-state index is 0.737. The molecule has 1 aromatic carbocycles. The summed E-state index contributed by atoms with van der Waals surface area (Å²) in [5, 5.41) is 0. The van der Waals surface area contributed by atoms with Crippen LogP contribution in [0.2, 0.25) is 0 Å². The first-order chi connectivity index (χ1) is 7.84. The molecule has 3 nitrogen and oxygen atoms in total. The predicted octanol–water partition coefficient (Wildman–Crippen LogP) is 2.25. The molecule has 0 atom stereocenters. The molecule has 1 rings (SSSR count). The summed E-state index contributed by atoms with van der Waals surface area (Å²) < 4.78 is 10.5. The third kappa shape index (κ3) is 5.14. The van der Waals surface area contributed by atoms with Gasteiger partial charge in [0.2, 0.25) is 0 Å². The van der Waals surface area contributed by atoms with Crippen molar-refractivity contribution >= 4 is 5.69 Å². The maximum atomic E-state index is 5.83. The van der Waals surface area contributed by atoms with E-state index in [-0.39, 0.29) is 0 Å². The standard InChI is InChI=1S/C13H21NO2/c1-15-9-4-5-10-16-11-8-12-6-2-3-7-13(12)14/h2-3,6-7H,4-5,8-11,14H2,1H3. The molecule has 0 saturated heterocycles. The number of ether oxygens (including phenoxy) is 2. The van der Waals surface area contributed by atoms with Crippen LogP contribution < -0.4 is 5.73 Å². The van der Waals surface area contributed by atoms with Gasteiger partial charge in [0.15, 0.2) is 0 Å². The zero-order valence-electron chi connectivity index (χ0n) is 9.95. The highest BCUT2D eigenvalue weighted by Crippen LogP contribution is 2.10. The third-order valence-electron chi connectivity index (χ3n) is 2.46. The normalized spacial score (nSPS) is 10.6. The smallest absolute Gasteiger partial charge is 0.0507 e. The van der Waals surface area contributed by atoms with Crippen molar-refractivity contribution in [3.8, 4) is 0 Å². The summed E-state index contributed by atoms with van der Waals surface area (Å²) in [6, 6.07) is 7.92. The number of rotatable bonds is 8. The van der Waals surface area contributed by atoms with Gasteiger partial charge in [0.1, 0.15) is 0 Å². The molecule has 16 heavy (non-hydrogen) atoms. The summed E-state index contributed by atoms with van der Waals surface area (Å²) in [5.74, 6) is 0. The van der Waals surface area contributed by atoms with Crippen LogP contribution in [0.3, 0.4) is 0 Å². The second-order valence-corrected chi connectivity index (χ2v) is 3.76. The SMILES string of the molecule is COCCCCOCCc1ccccc1N. The Balaban J connectivity index is 2.05. The molecule has 0 aliphatic rings. The Kier molecular flexibility index (Phi) is 6.61. The lowest BCUT2D eigenvalue weighted by Gasteiger charge is -2.06. The average Bonchev–Trinajstić information content (AvgIpc) is 2.30. The number of nitrogen functional groups attached to an aromatic ring is 1. The first-order valence-electron chi connectivity index (χ1n) is 5.74. The first kappa shape index (κ1) is 13.0. The lowest BCUT2D eigenvalue weighted by Crippen LogP contribution is -2.03. The quantitative estimate of drug-likeness (QED) is 0.543. The summed E-state index contributed by atoms with van der Waals surface area (Å²) in [6.07, 6.45) is 3.00. The Morgan fingerprint density at radius 2 is 1.81 bits per heavy atom. The van der Waals surface area contributed by atoms with Crippen LogP contribution in [0.5, 0.6) is 0 Å². The number of methoxy groups -OCH3 is 1. The van der Waals surface area contributed by atoms with Gasteiger partial charge in [-0.2, -0.15) is 0 Å². The van der Waals surface area contributed by atoms with Crippen molar-refractivity contribution < 1.29 is 9.47 Å². The Labute approximate surface area is 97.6 Å². The highest BCUT2D eigenvalue weighted by atomic mass is 16.5. The Morgan fingerprint density at radius 1 is 1.06 bits per heavy atom. The Morgan fingerprint density at radius 3 is 2.56 bits per heavy atom. The molecule has 0 aliphatic heterocycles. The summed E-state index contributed by atoms with van der Waals surface area (Å²) in [5.41, 5.74) is 7.85. The lowest BCUT2D eigenvalue weighted by molar-refractivity contribution is 0.121. The van der Waals surface area contributed by atoms with E-state index < -0.39 is 0 Å². The van der Waals surface area contributed by atoms with Crippen LogP contribution in [0.25, 0.3) is 0 Å². The Hall–Kier alpha value is -1.06. The van der Waals surface area contributed by atoms with Crippen LogP contribution >= 0.6 is 0 Å². The number of benzene rings is 1. The zero-order valence-corrected chi connectivity index (χ0v) is 9.95. The number of anilines is 1. The minimum atomic E-state index is 0.737. The maximum absolute atomic E-state index is 5.83. The summed E-state index contributed by atoms with van der Waals surface area (Å²) in [6.45, 7) is 2.35. The van der Waals surface area contributed by atoms with Gasteiger partial charge < -0.3 is 15.2 Å². The molecule has 0 fully saturated rings. The van der Waals surface area contributed by atoms with Crippen molar-refractivity contribution in [1.29, 1.82) is 0 Å². The maximum Gasteiger partial charge on any atom is 0.0507 e. The number of unbranched alkanes of at least 4 members (excludes halogenated alkanes) is 1. The van der Waals surface area contributed by atoms with E-state index in [1.807, 2.05) is 24.3 Å². The largest absolute Gasteiger partial charge is 0.399 e. The third-order valence-corrected chi connectivity index (χ3v) is 2.46. The first-order valence-corrected chi connectivity index (χ1v) is 5.74. The van der Waals surface area contributed by atoms with E-state index in [0.717, 1.165) is 44.8 Å². The van der Waals surface area contributed by atoms with Gasteiger partial charge in [0.25, 0.3) is 0 Å². The van der Waals surface area contributed by atoms with Crippen molar-refractivity contribution in [2.75, 3.05) is 32.7 Å². The molecule has 0 heterocycles. The fraction of sp³-hybridized carbons (Fsp3) is 0.538. The monoisotopic (exact) mass is 223 g/mol. The van der Waals surface area contributed by atoms with E-state index in [9.17, 15) is 0 Å². The van der Waals surface area contributed by atoms with Crippen molar-refractivity contribution in [2.24, 2.45) is 0 Å². The van der Waals surface area contributed by atoms with Gasteiger partial charge in [-0.15, -0.1) is 0 Å².